The molecular formula is C44H88N2. The summed E-state index contributed by atoms with van der Waals surface area (Å²) in [7, 11) is 0. The minimum Gasteiger partial charge on any atom is -0.356 e. The third kappa shape index (κ3) is 27.3. The average molecular weight is 645 g/mol. The first kappa shape index (κ1) is 43.4. The number of rotatable bonds is 38. The highest BCUT2D eigenvalue weighted by Gasteiger charge is 2.24. The van der Waals surface area contributed by atoms with Crippen molar-refractivity contribution in [2.75, 3.05) is 13.1 Å². The van der Waals surface area contributed by atoms with Crippen molar-refractivity contribution in [3.8, 4) is 0 Å². The lowest BCUT2D eigenvalue weighted by Gasteiger charge is -2.33. The molecule has 0 aromatic rings. The lowest BCUT2D eigenvalue weighted by atomic mass is 10.0. The van der Waals surface area contributed by atoms with E-state index in [9.17, 15) is 0 Å². The third-order valence-corrected chi connectivity index (χ3v) is 10.8. The molecule has 0 N–H and O–H groups in total. The Kier molecular flexibility index (Phi) is 33.6. The molecule has 0 saturated heterocycles. The van der Waals surface area contributed by atoms with Gasteiger partial charge in [0, 0.05) is 25.5 Å². The Morgan fingerprint density at radius 2 is 0.500 bits per heavy atom. The van der Waals surface area contributed by atoms with Crippen molar-refractivity contribution < 1.29 is 0 Å². The summed E-state index contributed by atoms with van der Waals surface area (Å²) in [5.41, 5.74) is 0. The molecule has 1 aliphatic rings. The van der Waals surface area contributed by atoms with Crippen LogP contribution in [0, 0.1) is 0 Å². The van der Waals surface area contributed by atoms with Gasteiger partial charge in [-0.2, -0.15) is 0 Å². The van der Waals surface area contributed by atoms with Gasteiger partial charge in [0.1, 0.15) is 6.17 Å². The van der Waals surface area contributed by atoms with E-state index in [1.807, 2.05) is 0 Å². The van der Waals surface area contributed by atoms with Gasteiger partial charge >= 0.3 is 0 Å². The minimum absolute atomic E-state index is 0.639. The van der Waals surface area contributed by atoms with E-state index in [0.717, 1.165) is 0 Å². The predicted octanol–water partition coefficient (Wildman–Crippen LogP) is 15.5. The van der Waals surface area contributed by atoms with Crippen LogP contribution in [0.2, 0.25) is 0 Å². The third-order valence-electron chi connectivity index (χ3n) is 10.8. The van der Waals surface area contributed by atoms with Crippen LogP contribution in [0.4, 0.5) is 0 Å². The van der Waals surface area contributed by atoms with Crippen LogP contribution in [0.1, 0.15) is 252 Å². The molecule has 0 radical (unpaired) electrons. The SMILES string of the molecule is CCCCCCCCCCCCCCCCCCCC1N(CCCCC)C=CN1CCCCCCCCCCCCCCCCC. The summed E-state index contributed by atoms with van der Waals surface area (Å²) in [5, 5.41) is 0. The fourth-order valence-corrected chi connectivity index (χ4v) is 7.60. The minimum atomic E-state index is 0.639. The fourth-order valence-electron chi connectivity index (χ4n) is 7.60. The lowest BCUT2D eigenvalue weighted by Crippen LogP contribution is -2.39. The smallest absolute Gasteiger partial charge is 0.101 e. The van der Waals surface area contributed by atoms with E-state index in [2.05, 4.69) is 43.0 Å². The molecule has 1 atom stereocenters. The Labute approximate surface area is 292 Å². The lowest BCUT2D eigenvalue weighted by molar-refractivity contribution is 0.135. The second kappa shape index (κ2) is 35.6. The summed E-state index contributed by atoms with van der Waals surface area (Å²) in [6, 6.07) is 0. The summed E-state index contributed by atoms with van der Waals surface area (Å²) in [6.45, 7) is 9.47. The van der Waals surface area contributed by atoms with Crippen molar-refractivity contribution in [1.82, 2.24) is 9.80 Å². The summed E-state index contributed by atoms with van der Waals surface area (Å²) >= 11 is 0. The van der Waals surface area contributed by atoms with Gasteiger partial charge in [-0.05, 0) is 25.7 Å². The van der Waals surface area contributed by atoms with Crippen molar-refractivity contribution in [2.45, 2.75) is 258 Å². The zero-order valence-corrected chi connectivity index (χ0v) is 32.5. The van der Waals surface area contributed by atoms with Crippen LogP contribution in [0.15, 0.2) is 12.4 Å². The second-order valence-corrected chi connectivity index (χ2v) is 15.4. The fraction of sp³-hybridized carbons (Fsp3) is 0.955. The van der Waals surface area contributed by atoms with Crippen LogP contribution in [0.3, 0.4) is 0 Å². The first-order valence-corrected chi connectivity index (χ1v) is 22.0. The normalized spacial score (nSPS) is 14.7. The molecule has 1 heterocycles. The highest BCUT2D eigenvalue weighted by atomic mass is 15.4. The molecular weight excluding hydrogens is 556 g/mol. The molecule has 0 amide bonds. The Hall–Kier alpha value is -0.660. The van der Waals surface area contributed by atoms with E-state index in [1.54, 1.807) is 0 Å². The summed E-state index contributed by atoms with van der Waals surface area (Å²) < 4.78 is 0. The monoisotopic (exact) mass is 645 g/mol. The molecule has 46 heavy (non-hydrogen) atoms. The molecule has 1 aliphatic heterocycles. The highest BCUT2D eigenvalue weighted by molar-refractivity contribution is 4.97. The zero-order chi connectivity index (χ0) is 33.0. The number of hydrogen-bond donors (Lipinski definition) is 0. The molecule has 0 aromatic heterocycles. The van der Waals surface area contributed by atoms with Crippen molar-refractivity contribution in [1.29, 1.82) is 0 Å². The summed E-state index contributed by atoms with van der Waals surface area (Å²) in [5.74, 6) is 0. The van der Waals surface area contributed by atoms with Crippen LogP contribution in [0.25, 0.3) is 0 Å². The molecule has 1 rings (SSSR count). The van der Waals surface area contributed by atoms with Gasteiger partial charge in [-0.3, -0.25) is 0 Å². The number of unbranched alkanes of at least 4 members (excludes halogenated alkanes) is 32. The molecule has 0 bridgehead atoms. The molecule has 0 aromatic carbocycles. The first-order chi connectivity index (χ1) is 22.8. The maximum absolute atomic E-state index is 2.71. The topological polar surface area (TPSA) is 6.48 Å². The van der Waals surface area contributed by atoms with Gasteiger partial charge in [0.2, 0.25) is 0 Å². The maximum Gasteiger partial charge on any atom is 0.101 e. The quantitative estimate of drug-likeness (QED) is 0.0617. The van der Waals surface area contributed by atoms with E-state index in [4.69, 9.17) is 0 Å². The van der Waals surface area contributed by atoms with Crippen molar-refractivity contribution in [2.24, 2.45) is 0 Å². The van der Waals surface area contributed by atoms with Crippen LogP contribution in [-0.4, -0.2) is 29.1 Å². The van der Waals surface area contributed by atoms with E-state index in [-0.39, 0.29) is 0 Å². The standard InChI is InChI=1S/C44H88N2/c1-4-7-10-12-14-16-18-20-22-23-24-26-28-30-32-34-36-39-44-45(40-37-9-6-3)42-43-46(44)41-38-35-33-31-29-27-25-21-19-17-15-13-11-8-5-2/h42-44H,4-41H2,1-3H3. The average Bonchev–Trinajstić information content (AvgIpc) is 3.45. The number of hydrogen-bond acceptors (Lipinski definition) is 2. The van der Waals surface area contributed by atoms with Gasteiger partial charge in [0.25, 0.3) is 0 Å². The van der Waals surface area contributed by atoms with Gasteiger partial charge in [0.15, 0.2) is 0 Å². The molecule has 274 valence electrons. The van der Waals surface area contributed by atoms with E-state index < -0.39 is 0 Å². The van der Waals surface area contributed by atoms with Crippen molar-refractivity contribution in [3.05, 3.63) is 12.4 Å². The van der Waals surface area contributed by atoms with Crippen molar-refractivity contribution >= 4 is 0 Å². The van der Waals surface area contributed by atoms with Crippen molar-refractivity contribution in [3.63, 3.8) is 0 Å². The maximum atomic E-state index is 2.71. The van der Waals surface area contributed by atoms with E-state index in [1.165, 1.54) is 244 Å². The van der Waals surface area contributed by atoms with Crippen LogP contribution < -0.4 is 0 Å². The van der Waals surface area contributed by atoms with Gasteiger partial charge < -0.3 is 9.80 Å². The molecule has 0 aliphatic carbocycles. The molecule has 0 spiro atoms. The van der Waals surface area contributed by atoms with Gasteiger partial charge in [-0.25, -0.2) is 0 Å². The summed E-state index contributed by atoms with van der Waals surface area (Å²) in [6.07, 6.45) is 57.5. The number of nitrogens with zero attached hydrogens (tertiary/aromatic N) is 2. The highest BCUT2D eigenvalue weighted by Crippen LogP contribution is 2.24. The molecule has 0 saturated carbocycles. The van der Waals surface area contributed by atoms with Gasteiger partial charge in [-0.15, -0.1) is 0 Å². The second-order valence-electron chi connectivity index (χ2n) is 15.4. The molecule has 0 fully saturated rings. The van der Waals surface area contributed by atoms with E-state index >= 15 is 0 Å². The predicted molar refractivity (Wildman–Crippen MR) is 210 cm³/mol. The van der Waals surface area contributed by atoms with Gasteiger partial charge in [-0.1, -0.05) is 226 Å². The zero-order valence-electron chi connectivity index (χ0n) is 32.5. The van der Waals surface area contributed by atoms with Crippen LogP contribution in [0.5, 0.6) is 0 Å². The molecule has 2 nitrogen and oxygen atoms in total. The first-order valence-electron chi connectivity index (χ1n) is 22.0. The largest absolute Gasteiger partial charge is 0.356 e. The van der Waals surface area contributed by atoms with Crippen LogP contribution >= 0.6 is 0 Å². The molecule has 2 heteroatoms. The summed E-state index contributed by atoms with van der Waals surface area (Å²) in [4.78, 5) is 5.40. The molecule has 1 unspecified atom stereocenters. The van der Waals surface area contributed by atoms with Gasteiger partial charge in [0.05, 0.1) is 0 Å². The Balaban J connectivity index is 2.03. The Morgan fingerprint density at radius 3 is 0.804 bits per heavy atom. The Morgan fingerprint density at radius 1 is 0.283 bits per heavy atom. The Bertz CT molecular complexity index is 601. The van der Waals surface area contributed by atoms with Crippen LogP contribution in [-0.2, 0) is 0 Å². The van der Waals surface area contributed by atoms with E-state index in [0.29, 0.717) is 6.17 Å².